The predicted octanol–water partition coefficient (Wildman–Crippen LogP) is 3.26. The Bertz CT molecular complexity index is 1040. The van der Waals surface area contributed by atoms with Crippen molar-refractivity contribution in [1.82, 2.24) is 0 Å². The number of rotatable bonds is 4. The second kappa shape index (κ2) is 8.29. The summed E-state index contributed by atoms with van der Waals surface area (Å²) in [7, 11) is 2.99. The predicted molar refractivity (Wildman–Crippen MR) is 121 cm³/mol. The molecule has 4 N–H and O–H groups in total. The van der Waals surface area contributed by atoms with Crippen LogP contribution in [0, 0.1) is 0 Å². The molecule has 1 aliphatic carbocycles. The molecule has 2 aliphatic rings. The van der Waals surface area contributed by atoms with Crippen LogP contribution >= 0.6 is 0 Å². The highest BCUT2D eigenvalue weighted by Crippen LogP contribution is 2.44. The number of methoxy groups -OCH3 is 2. The van der Waals surface area contributed by atoms with Gasteiger partial charge in [-0.05, 0) is 55.5 Å². The minimum absolute atomic E-state index is 0.186. The van der Waals surface area contributed by atoms with Gasteiger partial charge in [-0.15, -0.1) is 0 Å². The molecule has 1 fully saturated rings. The average molecular weight is 422 g/mol. The third-order valence-electron chi connectivity index (χ3n) is 5.92. The first-order valence-corrected chi connectivity index (χ1v) is 10.3. The number of hydrogen-bond donors (Lipinski definition) is 2. The lowest BCUT2D eigenvalue weighted by atomic mass is 9.86. The zero-order valence-corrected chi connectivity index (χ0v) is 17.8. The van der Waals surface area contributed by atoms with Crippen LogP contribution in [0.2, 0.25) is 0 Å². The molecule has 31 heavy (non-hydrogen) atoms. The molecule has 1 saturated carbocycles. The Hall–Kier alpha value is -3.55. The van der Waals surface area contributed by atoms with Crippen LogP contribution in [-0.4, -0.2) is 37.8 Å². The van der Waals surface area contributed by atoms with E-state index in [-0.39, 0.29) is 11.9 Å². The maximum atomic E-state index is 12.7. The molecule has 8 nitrogen and oxygen atoms in total. The van der Waals surface area contributed by atoms with Gasteiger partial charge in [-0.25, -0.2) is 9.79 Å². The van der Waals surface area contributed by atoms with E-state index in [0.29, 0.717) is 11.1 Å². The van der Waals surface area contributed by atoms with Crippen molar-refractivity contribution >= 4 is 23.6 Å². The average Bonchev–Trinajstić information content (AvgIpc) is 2.78. The van der Waals surface area contributed by atoms with Crippen LogP contribution in [0.15, 0.2) is 52.4 Å². The summed E-state index contributed by atoms with van der Waals surface area (Å²) in [5.74, 6) is 0.749. The van der Waals surface area contributed by atoms with Crippen molar-refractivity contribution < 1.29 is 14.3 Å². The molecule has 0 atom stereocenters. The summed E-state index contributed by atoms with van der Waals surface area (Å²) in [6, 6.07) is 13.0. The molecular weight excluding hydrogens is 394 g/mol. The van der Waals surface area contributed by atoms with Gasteiger partial charge in [0, 0.05) is 5.56 Å². The molecule has 1 spiro atoms. The van der Waals surface area contributed by atoms with Crippen molar-refractivity contribution in [2.45, 2.75) is 37.8 Å². The van der Waals surface area contributed by atoms with Crippen molar-refractivity contribution in [2.24, 2.45) is 21.5 Å². The van der Waals surface area contributed by atoms with Crippen LogP contribution in [0.5, 0.6) is 5.75 Å². The molecule has 2 aromatic carbocycles. The molecule has 162 valence electrons. The first kappa shape index (κ1) is 20.7. The summed E-state index contributed by atoms with van der Waals surface area (Å²) in [4.78, 5) is 23.6. The Balaban J connectivity index is 1.95. The number of aliphatic imine (C=N–C) groups is 2. The quantitative estimate of drug-likeness (QED) is 0.732. The van der Waals surface area contributed by atoms with Gasteiger partial charge in [0.2, 0.25) is 11.9 Å². The Morgan fingerprint density at radius 1 is 1.03 bits per heavy atom. The highest BCUT2D eigenvalue weighted by molar-refractivity contribution is 6.10. The lowest BCUT2D eigenvalue weighted by Crippen LogP contribution is -2.58. The van der Waals surface area contributed by atoms with Gasteiger partial charge in [0.05, 0.1) is 25.5 Å². The van der Waals surface area contributed by atoms with Crippen LogP contribution in [0.4, 0.5) is 5.69 Å². The van der Waals surface area contributed by atoms with Gasteiger partial charge in [-0.1, -0.05) is 24.6 Å². The van der Waals surface area contributed by atoms with E-state index in [2.05, 4.69) is 4.99 Å². The van der Waals surface area contributed by atoms with Gasteiger partial charge in [0.1, 0.15) is 11.4 Å². The van der Waals surface area contributed by atoms with Crippen molar-refractivity contribution in [1.29, 1.82) is 0 Å². The fraction of sp³-hybridized carbons (Fsp3) is 0.348. The number of carbonyl (C=O) groups excluding carboxylic acids is 1. The lowest BCUT2D eigenvalue weighted by Gasteiger charge is -2.46. The van der Waals surface area contributed by atoms with E-state index in [0.717, 1.165) is 49.1 Å². The fourth-order valence-corrected chi connectivity index (χ4v) is 4.54. The normalized spacial score (nSPS) is 17.7. The third-order valence-corrected chi connectivity index (χ3v) is 5.92. The molecule has 0 amide bonds. The molecule has 2 aromatic rings. The van der Waals surface area contributed by atoms with E-state index < -0.39 is 11.6 Å². The van der Waals surface area contributed by atoms with Crippen LogP contribution in [-0.2, 0) is 4.74 Å². The Morgan fingerprint density at radius 3 is 2.39 bits per heavy atom. The van der Waals surface area contributed by atoms with Crippen molar-refractivity contribution in [3.63, 3.8) is 0 Å². The number of nitrogens with zero attached hydrogens (tertiary/aromatic N) is 3. The monoisotopic (exact) mass is 421 g/mol. The summed E-state index contributed by atoms with van der Waals surface area (Å²) in [6.07, 6.45) is 4.75. The van der Waals surface area contributed by atoms with Gasteiger partial charge < -0.3 is 20.9 Å². The largest absolute Gasteiger partial charge is 0.497 e. The van der Waals surface area contributed by atoms with Gasteiger partial charge >= 0.3 is 5.97 Å². The van der Waals surface area contributed by atoms with Gasteiger partial charge in [-0.3, -0.25) is 4.90 Å². The van der Waals surface area contributed by atoms with E-state index in [4.69, 9.17) is 25.9 Å². The number of carbonyl (C=O) groups is 1. The Labute approximate surface area is 181 Å². The number of nitrogens with two attached hydrogens (primary N) is 2. The minimum Gasteiger partial charge on any atom is -0.497 e. The Kier molecular flexibility index (Phi) is 5.54. The molecule has 0 aromatic heterocycles. The van der Waals surface area contributed by atoms with E-state index in [9.17, 15) is 4.79 Å². The van der Waals surface area contributed by atoms with E-state index in [1.165, 1.54) is 7.11 Å². The molecule has 0 bridgehead atoms. The van der Waals surface area contributed by atoms with Crippen LogP contribution in [0.1, 0.15) is 42.5 Å². The second-order valence-corrected chi connectivity index (χ2v) is 7.74. The van der Waals surface area contributed by atoms with Crippen LogP contribution in [0.25, 0.3) is 11.1 Å². The third kappa shape index (κ3) is 3.69. The summed E-state index contributed by atoms with van der Waals surface area (Å²) >= 11 is 0. The van der Waals surface area contributed by atoms with Crippen LogP contribution in [0.3, 0.4) is 0 Å². The lowest BCUT2D eigenvalue weighted by molar-refractivity contribution is 0.0601. The molecule has 1 aliphatic heterocycles. The van der Waals surface area contributed by atoms with Gasteiger partial charge in [0.15, 0.2) is 0 Å². The number of hydrogen-bond acceptors (Lipinski definition) is 8. The van der Waals surface area contributed by atoms with Gasteiger partial charge in [-0.2, -0.15) is 4.99 Å². The first-order valence-electron chi connectivity index (χ1n) is 10.3. The maximum absolute atomic E-state index is 12.7. The van der Waals surface area contributed by atoms with E-state index >= 15 is 0 Å². The summed E-state index contributed by atoms with van der Waals surface area (Å²) in [6.45, 7) is 0. The number of esters is 1. The molecule has 0 saturated heterocycles. The van der Waals surface area contributed by atoms with Crippen molar-refractivity contribution in [3.8, 4) is 16.9 Å². The highest BCUT2D eigenvalue weighted by atomic mass is 16.5. The maximum Gasteiger partial charge on any atom is 0.338 e. The van der Waals surface area contributed by atoms with Gasteiger partial charge in [0.25, 0.3) is 0 Å². The Morgan fingerprint density at radius 2 is 1.74 bits per heavy atom. The van der Waals surface area contributed by atoms with Crippen molar-refractivity contribution in [2.75, 3.05) is 19.1 Å². The smallest absolute Gasteiger partial charge is 0.338 e. The molecule has 0 radical (unpaired) electrons. The minimum atomic E-state index is -0.621. The molecule has 1 heterocycles. The number of ether oxygens (including phenoxy) is 2. The standard InChI is InChI=1S/C23H27N5O3/c1-30-16-11-9-15(10-12-16)19-17(20(29)31-2)7-6-8-18(19)28-22(25)26-21(24)27-23(28)13-4-3-5-14-23/h6-12H,3-5,13-14H2,1-2H3,(H4,24,25,26,27). The summed E-state index contributed by atoms with van der Waals surface area (Å²) < 4.78 is 10.4. The topological polar surface area (TPSA) is 116 Å². The summed E-state index contributed by atoms with van der Waals surface area (Å²) in [5, 5.41) is 0. The zero-order valence-electron chi connectivity index (χ0n) is 17.8. The highest BCUT2D eigenvalue weighted by Gasteiger charge is 2.43. The van der Waals surface area contributed by atoms with Crippen LogP contribution < -0.4 is 21.1 Å². The number of benzene rings is 2. The molecule has 0 unspecified atom stereocenters. The van der Waals surface area contributed by atoms with E-state index in [1.54, 1.807) is 13.2 Å². The molecule has 4 rings (SSSR count). The SMILES string of the molecule is COC(=O)c1cccc(N2C(N)=NC(N)=NC23CCCCC3)c1-c1ccc(OC)cc1. The van der Waals surface area contributed by atoms with Crippen molar-refractivity contribution in [3.05, 3.63) is 48.0 Å². The zero-order chi connectivity index (χ0) is 22.0. The number of anilines is 1. The molecule has 8 heteroatoms. The fourth-order valence-electron chi connectivity index (χ4n) is 4.54. The second-order valence-electron chi connectivity index (χ2n) is 7.74. The number of guanidine groups is 2. The first-order chi connectivity index (χ1) is 15.0. The molecular formula is C23H27N5O3. The van der Waals surface area contributed by atoms with E-state index in [1.807, 2.05) is 41.3 Å². The summed E-state index contributed by atoms with van der Waals surface area (Å²) in [5.41, 5.74) is 14.6.